The Morgan fingerprint density at radius 1 is 1.39 bits per heavy atom. The Labute approximate surface area is 144 Å². The number of fused-ring (bicyclic) bond motifs is 1. The van der Waals surface area contributed by atoms with Gasteiger partial charge in [0.1, 0.15) is 0 Å². The molecule has 0 aliphatic carbocycles. The van der Waals surface area contributed by atoms with Crippen LogP contribution in [-0.2, 0) is 21.2 Å². The predicted octanol–water partition coefficient (Wildman–Crippen LogP) is 1.15. The van der Waals surface area contributed by atoms with Gasteiger partial charge in [-0.15, -0.1) is 12.4 Å². The first-order chi connectivity index (χ1) is 10.4. The number of hydrogen-bond donors (Lipinski definition) is 2. The van der Waals surface area contributed by atoms with Crippen LogP contribution in [0.25, 0.3) is 0 Å². The number of halogens is 1. The van der Waals surface area contributed by atoms with E-state index in [0.29, 0.717) is 25.3 Å². The standard InChI is InChI=1S/C15H23N3O3S.ClH/c1-4-17-22(20,21)13-6-5-12-7-8-18(14(12)9-13)15(19)11(2)10-16-3;/h5-6,9,11,16-17H,4,7-8,10H2,1-3H3;1H. The summed E-state index contributed by atoms with van der Waals surface area (Å²) in [6.07, 6.45) is 0.759. The van der Waals surface area contributed by atoms with Gasteiger partial charge in [-0.05, 0) is 31.2 Å². The lowest BCUT2D eigenvalue weighted by Gasteiger charge is -2.22. The van der Waals surface area contributed by atoms with Crippen LogP contribution in [0.3, 0.4) is 0 Å². The van der Waals surface area contributed by atoms with Crippen molar-refractivity contribution < 1.29 is 13.2 Å². The molecule has 1 unspecified atom stereocenters. The molecule has 0 saturated heterocycles. The van der Waals surface area contributed by atoms with Crippen LogP contribution in [0.2, 0.25) is 0 Å². The molecule has 1 atom stereocenters. The molecule has 1 heterocycles. The quantitative estimate of drug-likeness (QED) is 0.796. The van der Waals surface area contributed by atoms with E-state index in [4.69, 9.17) is 0 Å². The van der Waals surface area contributed by atoms with Gasteiger partial charge in [0.2, 0.25) is 15.9 Å². The Morgan fingerprint density at radius 3 is 2.70 bits per heavy atom. The van der Waals surface area contributed by atoms with Crippen LogP contribution in [0.5, 0.6) is 0 Å². The van der Waals surface area contributed by atoms with E-state index >= 15 is 0 Å². The molecule has 0 aromatic heterocycles. The normalized spacial score (nSPS) is 15.0. The Bertz CT molecular complexity index is 664. The largest absolute Gasteiger partial charge is 0.319 e. The molecule has 0 saturated carbocycles. The zero-order chi connectivity index (χ0) is 16.3. The van der Waals surface area contributed by atoms with Crippen LogP contribution < -0.4 is 14.9 Å². The molecule has 2 rings (SSSR count). The molecule has 0 bridgehead atoms. The molecule has 0 radical (unpaired) electrons. The van der Waals surface area contributed by atoms with Gasteiger partial charge in [-0.3, -0.25) is 4.79 Å². The Balaban J connectivity index is 0.00000264. The molecule has 6 nitrogen and oxygen atoms in total. The number of amides is 1. The molecule has 1 aliphatic heterocycles. The molecule has 1 aromatic rings. The van der Waals surface area contributed by atoms with E-state index in [1.165, 1.54) is 0 Å². The van der Waals surface area contributed by atoms with E-state index in [-0.39, 0.29) is 29.1 Å². The SMILES string of the molecule is CCNS(=O)(=O)c1ccc2c(c1)N(C(=O)C(C)CNC)CC2.Cl. The van der Waals surface area contributed by atoms with Crippen LogP contribution in [0.4, 0.5) is 5.69 Å². The zero-order valence-electron chi connectivity index (χ0n) is 13.6. The van der Waals surface area contributed by atoms with Gasteiger partial charge in [0.25, 0.3) is 0 Å². The molecular formula is C15H24ClN3O3S. The van der Waals surface area contributed by atoms with Crippen molar-refractivity contribution in [3.8, 4) is 0 Å². The second kappa shape index (κ2) is 8.10. The van der Waals surface area contributed by atoms with Crippen molar-refractivity contribution in [2.45, 2.75) is 25.2 Å². The molecule has 0 spiro atoms. The van der Waals surface area contributed by atoms with Crippen molar-refractivity contribution >= 4 is 34.0 Å². The van der Waals surface area contributed by atoms with Gasteiger partial charge in [0, 0.05) is 31.2 Å². The Hall–Kier alpha value is -1.15. The number of anilines is 1. The number of nitrogens with one attached hydrogen (secondary N) is 2. The number of carbonyl (C=O) groups is 1. The fraction of sp³-hybridized carbons (Fsp3) is 0.533. The minimum Gasteiger partial charge on any atom is -0.319 e. The lowest BCUT2D eigenvalue weighted by atomic mass is 10.1. The second-order valence-corrected chi connectivity index (χ2v) is 7.26. The van der Waals surface area contributed by atoms with Crippen molar-refractivity contribution in [3.63, 3.8) is 0 Å². The molecule has 8 heteroatoms. The van der Waals surface area contributed by atoms with Crippen molar-refractivity contribution in [1.29, 1.82) is 0 Å². The fourth-order valence-electron chi connectivity index (χ4n) is 2.69. The Morgan fingerprint density at radius 2 is 2.09 bits per heavy atom. The van der Waals surface area contributed by atoms with Gasteiger partial charge in [-0.2, -0.15) is 0 Å². The van der Waals surface area contributed by atoms with Crippen LogP contribution >= 0.6 is 12.4 Å². The highest BCUT2D eigenvalue weighted by atomic mass is 35.5. The van der Waals surface area contributed by atoms with Gasteiger partial charge < -0.3 is 10.2 Å². The average Bonchev–Trinajstić information content (AvgIpc) is 2.89. The molecule has 130 valence electrons. The molecule has 2 N–H and O–H groups in total. The third kappa shape index (κ3) is 4.23. The van der Waals surface area contributed by atoms with E-state index < -0.39 is 10.0 Å². The number of hydrogen-bond acceptors (Lipinski definition) is 4. The summed E-state index contributed by atoms with van der Waals surface area (Å²) in [5, 5.41) is 2.99. The first kappa shape index (κ1) is 19.9. The van der Waals surface area contributed by atoms with E-state index in [0.717, 1.165) is 12.0 Å². The summed E-state index contributed by atoms with van der Waals surface area (Å²) >= 11 is 0. The van der Waals surface area contributed by atoms with Gasteiger partial charge in [-0.25, -0.2) is 13.1 Å². The molecular weight excluding hydrogens is 338 g/mol. The number of sulfonamides is 1. The van der Waals surface area contributed by atoms with Crippen molar-refractivity contribution in [1.82, 2.24) is 10.0 Å². The van der Waals surface area contributed by atoms with Crippen LogP contribution in [0.1, 0.15) is 19.4 Å². The highest BCUT2D eigenvalue weighted by molar-refractivity contribution is 7.89. The second-order valence-electron chi connectivity index (χ2n) is 5.49. The van der Waals surface area contributed by atoms with Crippen LogP contribution in [0, 0.1) is 5.92 Å². The molecule has 23 heavy (non-hydrogen) atoms. The summed E-state index contributed by atoms with van der Waals surface area (Å²) in [4.78, 5) is 14.4. The minimum absolute atomic E-state index is 0. The minimum atomic E-state index is -3.51. The van der Waals surface area contributed by atoms with E-state index in [9.17, 15) is 13.2 Å². The third-order valence-corrected chi connectivity index (χ3v) is 5.34. The lowest BCUT2D eigenvalue weighted by Crippen LogP contribution is -2.37. The topological polar surface area (TPSA) is 78.5 Å². The summed E-state index contributed by atoms with van der Waals surface area (Å²) in [7, 11) is -1.70. The summed E-state index contributed by atoms with van der Waals surface area (Å²) in [5.41, 5.74) is 1.73. The summed E-state index contributed by atoms with van der Waals surface area (Å²) < 4.78 is 26.7. The number of benzene rings is 1. The zero-order valence-corrected chi connectivity index (χ0v) is 15.3. The molecule has 1 aromatic carbocycles. The van der Waals surface area contributed by atoms with Crippen molar-refractivity contribution in [2.75, 3.05) is 31.6 Å². The van der Waals surface area contributed by atoms with E-state index in [1.807, 2.05) is 14.0 Å². The predicted molar refractivity (Wildman–Crippen MR) is 93.7 cm³/mol. The maximum absolute atomic E-state index is 12.5. The number of carbonyl (C=O) groups excluding carboxylic acids is 1. The molecule has 1 amide bonds. The maximum Gasteiger partial charge on any atom is 0.240 e. The van der Waals surface area contributed by atoms with E-state index in [1.54, 1.807) is 30.0 Å². The van der Waals surface area contributed by atoms with Gasteiger partial charge in [0.15, 0.2) is 0 Å². The van der Waals surface area contributed by atoms with Crippen LogP contribution in [-0.4, -0.2) is 41.0 Å². The van der Waals surface area contributed by atoms with Gasteiger partial charge in [-0.1, -0.05) is 19.9 Å². The van der Waals surface area contributed by atoms with Gasteiger partial charge in [0.05, 0.1) is 4.90 Å². The van der Waals surface area contributed by atoms with Crippen molar-refractivity contribution in [3.05, 3.63) is 23.8 Å². The van der Waals surface area contributed by atoms with Crippen molar-refractivity contribution in [2.24, 2.45) is 5.92 Å². The van der Waals surface area contributed by atoms with E-state index in [2.05, 4.69) is 10.0 Å². The first-order valence-electron chi connectivity index (χ1n) is 7.49. The summed E-state index contributed by atoms with van der Waals surface area (Å²) in [6.45, 7) is 5.14. The Kier molecular flexibility index (Phi) is 7.01. The first-order valence-corrected chi connectivity index (χ1v) is 8.97. The van der Waals surface area contributed by atoms with Crippen LogP contribution in [0.15, 0.2) is 23.1 Å². The monoisotopic (exact) mass is 361 g/mol. The summed E-state index contributed by atoms with van der Waals surface area (Å²) in [5.74, 6) is -0.129. The third-order valence-electron chi connectivity index (χ3n) is 3.79. The fourth-order valence-corrected chi connectivity index (χ4v) is 3.75. The lowest BCUT2D eigenvalue weighted by molar-refractivity contribution is -0.121. The smallest absolute Gasteiger partial charge is 0.240 e. The maximum atomic E-state index is 12.5. The van der Waals surface area contributed by atoms with Gasteiger partial charge >= 0.3 is 0 Å². The highest BCUT2D eigenvalue weighted by Crippen LogP contribution is 2.31. The number of rotatable bonds is 6. The summed E-state index contributed by atoms with van der Waals surface area (Å²) in [6, 6.07) is 5.00. The number of nitrogens with zero attached hydrogens (tertiary/aromatic N) is 1. The molecule has 1 aliphatic rings. The highest BCUT2D eigenvalue weighted by Gasteiger charge is 2.29. The molecule has 0 fully saturated rings. The average molecular weight is 362 g/mol.